The molecule has 3 heterocycles. The highest BCUT2D eigenvalue weighted by Gasteiger charge is 2.32. The van der Waals surface area contributed by atoms with Crippen molar-refractivity contribution in [2.75, 3.05) is 23.3 Å². The quantitative estimate of drug-likeness (QED) is 0.719. The standard InChI is InChI=1S/C11H14ClN3.C2H6/c1-6-7(2)10(12)14-11-9(6)15-4-3-8(5-15)13-11;1-2/h8H,3-5H2,1-2H3,(H,13,14);1-2H3. The number of rotatable bonds is 0. The van der Waals surface area contributed by atoms with Crippen LogP contribution in [-0.2, 0) is 0 Å². The lowest BCUT2D eigenvalue weighted by Crippen LogP contribution is -2.33. The summed E-state index contributed by atoms with van der Waals surface area (Å²) in [5.74, 6) is 0.969. The van der Waals surface area contributed by atoms with Crippen molar-refractivity contribution in [2.45, 2.75) is 40.2 Å². The highest BCUT2D eigenvalue weighted by atomic mass is 35.5. The van der Waals surface area contributed by atoms with Crippen molar-refractivity contribution in [1.82, 2.24) is 4.98 Å². The maximum Gasteiger partial charge on any atom is 0.151 e. The van der Waals surface area contributed by atoms with Crippen LogP contribution in [0.25, 0.3) is 0 Å². The highest BCUT2D eigenvalue weighted by molar-refractivity contribution is 6.30. The number of hydrogen-bond donors (Lipinski definition) is 1. The van der Waals surface area contributed by atoms with Crippen LogP contribution in [0.5, 0.6) is 0 Å². The Hall–Kier alpha value is -0.960. The first kappa shape index (κ1) is 12.5. The van der Waals surface area contributed by atoms with E-state index in [1.807, 2.05) is 20.8 Å². The Balaban J connectivity index is 0.000000514. The van der Waals surface area contributed by atoms with Crippen molar-refractivity contribution in [3.63, 3.8) is 0 Å². The number of fused-ring (bicyclic) bond motifs is 4. The summed E-state index contributed by atoms with van der Waals surface area (Å²) in [6, 6.07) is 0.558. The first-order valence-electron chi connectivity index (χ1n) is 6.35. The number of nitrogens with one attached hydrogen (secondary N) is 1. The molecule has 1 N–H and O–H groups in total. The molecule has 4 heteroatoms. The third-order valence-electron chi connectivity index (χ3n) is 3.51. The van der Waals surface area contributed by atoms with E-state index in [0.717, 1.165) is 24.5 Å². The molecule has 1 aromatic heterocycles. The average Bonchev–Trinajstić information content (AvgIpc) is 2.71. The Kier molecular flexibility index (Phi) is 3.48. The average molecular weight is 254 g/mol. The Morgan fingerprint density at radius 3 is 2.71 bits per heavy atom. The lowest BCUT2D eigenvalue weighted by molar-refractivity contribution is 0.786. The summed E-state index contributed by atoms with van der Waals surface area (Å²) < 4.78 is 0. The van der Waals surface area contributed by atoms with Gasteiger partial charge >= 0.3 is 0 Å². The second-order valence-electron chi connectivity index (χ2n) is 4.43. The lowest BCUT2D eigenvalue weighted by Gasteiger charge is -2.30. The fraction of sp³-hybridized carbons (Fsp3) is 0.615. The largest absolute Gasteiger partial charge is 0.366 e. The minimum atomic E-state index is 0.558. The van der Waals surface area contributed by atoms with Gasteiger partial charge in [0, 0.05) is 19.1 Å². The Labute approximate surface area is 108 Å². The van der Waals surface area contributed by atoms with Gasteiger partial charge in [-0.25, -0.2) is 4.98 Å². The summed E-state index contributed by atoms with van der Waals surface area (Å²) in [6.45, 7) is 10.4. The van der Waals surface area contributed by atoms with Crippen molar-refractivity contribution in [2.24, 2.45) is 0 Å². The van der Waals surface area contributed by atoms with Crippen LogP contribution in [0, 0.1) is 13.8 Å². The Morgan fingerprint density at radius 1 is 1.29 bits per heavy atom. The third-order valence-corrected chi connectivity index (χ3v) is 3.87. The molecule has 1 aromatic rings. The lowest BCUT2D eigenvalue weighted by atomic mass is 10.1. The van der Waals surface area contributed by atoms with Crippen LogP contribution in [0.1, 0.15) is 31.4 Å². The zero-order chi connectivity index (χ0) is 12.6. The molecule has 0 radical (unpaired) electrons. The van der Waals surface area contributed by atoms with Gasteiger partial charge in [-0.3, -0.25) is 0 Å². The number of halogens is 1. The molecule has 1 fully saturated rings. The number of aromatic nitrogens is 1. The summed E-state index contributed by atoms with van der Waals surface area (Å²) in [7, 11) is 0. The molecule has 1 unspecified atom stereocenters. The summed E-state index contributed by atoms with van der Waals surface area (Å²) in [5.41, 5.74) is 3.62. The van der Waals surface area contributed by atoms with E-state index in [4.69, 9.17) is 11.6 Å². The third kappa shape index (κ3) is 1.97. The molecule has 17 heavy (non-hydrogen) atoms. The van der Waals surface area contributed by atoms with Gasteiger partial charge in [-0.2, -0.15) is 0 Å². The maximum atomic E-state index is 6.10. The maximum absolute atomic E-state index is 6.10. The van der Waals surface area contributed by atoms with Gasteiger partial charge < -0.3 is 10.2 Å². The molecule has 1 atom stereocenters. The SMILES string of the molecule is CC.Cc1c(Cl)nc2c(c1C)N1CCC(C1)N2. The van der Waals surface area contributed by atoms with Crippen molar-refractivity contribution in [1.29, 1.82) is 0 Å². The molecular formula is C13H20ClN3. The van der Waals surface area contributed by atoms with E-state index in [1.165, 1.54) is 17.7 Å². The van der Waals surface area contributed by atoms with Crippen LogP contribution in [0.2, 0.25) is 5.15 Å². The molecule has 0 amide bonds. The minimum Gasteiger partial charge on any atom is -0.366 e. The molecule has 2 aliphatic heterocycles. The second kappa shape index (κ2) is 4.73. The van der Waals surface area contributed by atoms with Crippen LogP contribution in [-0.4, -0.2) is 24.1 Å². The van der Waals surface area contributed by atoms with Gasteiger partial charge in [-0.1, -0.05) is 25.4 Å². The van der Waals surface area contributed by atoms with Crippen LogP contribution >= 0.6 is 11.6 Å². The van der Waals surface area contributed by atoms with Crippen molar-refractivity contribution in [3.8, 4) is 0 Å². The molecule has 1 saturated heterocycles. The Morgan fingerprint density at radius 2 is 2.00 bits per heavy atom. The Bertz CT molecular complexity index is 431. The summed E-state index contributed by atoms with van der Waals surface area (Å²) in [5, 5.41) is 4.09. The molecule has 0 spiro atoms. The highest BCUT2D eigenvalue weighted by Crippen LogP contribution is 2.39. The number of pyridine rings is 1. The molecule has 2 bridgehead atoms. The smallest absolute Gasteiger partial charge is 0.151 e. The van der Waals surface area contributed by atoms with E-state index in [2.05, 4.69) is 22.1 Å². The van der Waals surface area contributed by atoms with Crippen LogP contribution < -0.4 is 10.2 Å². The van der Waals surface area contributed by atoms with E-state index in [0.29, 0.717) is 11.2 Å². The molecular weight excluding hydrogens is 234 g/mol. The molecule has 0 aliphatic carbocycles. The number of anilines is 2. The van der Waals surface area contributed by atoms with Crippen LogP contribution in [0.15, 0.2) is 0 Å². The fourth-order valence-corrected chi connectivity index (χ4v) is 2.73. The molecule has 3 nitrogen and oxygen atoms in total. The fourth-order valence-electron chi connectivity index (χ4n) is 2.51. The van der Waals surface area contributed by atoms with Gasteiger partial charge in [0.05, 0.1) is 5.69 Å². The monoisotopic (exact) mass is 253 g/mol. The van der Waals surface area contributed by atoms with Gasteiger partial charge in [-0.05, 0) is 31.4 Å². The molecule has 0 aromatic carbocycles. The zero-order valence-electron chi connectivity index (χ0n) is 11.0. The number of nitrogens with zero attached hydrogens (tertiary/aromatic N) is 2. The second-order valence-corrected chi connectivity index (χ2v) is 4.78. The van der Waals surface area contributed by atoms with Crippen molar-refractivity contribution in [3.05, 3.63) is 16.3 Å². The van der Waals surface area contributed by atoms with Gasteiger partial charge in [0.15, 0.2) is 5.82 Å². The van der Waals surface area contributed by atoms with Crippen molar-refractivity contribution < 1.29 is 0 Å². The predicted octanol–water partition coefficient (Wildman–Crippen LogP) is 3.38. The van der Waals surface area contributed by atoms with E-state index in [9.17, 15) is 0 Å². The van der Waals surface area contributed by atoms with E-state index in [-0.39, 0.29) is 0 Å². The topological polar surface area (TPSA) is 28.2 Å². The first-order valence-corrected chi connectivity index (χ1v) is 6.73. The predicted molar refractivity (Wildman–Crippen MR) is 74.3 cm³/mol. The van der Waals surface area contributed by atoms with Crippen LogP contribution in [0.3, 0.4) is 0 Å². The summed E-state index contributed by atoms with van der Waals surface area (Å²) in [6.07, 6.45) is 1.20. The zero-order valence-corrected chi connectivity index (χ0v) is 11.7. The number of hydrogen-bond acceptors (Lipinski definition) is 3. The molecule has 94 valence electrons. The first-order chi connectivity index (χ1) is 8.16. The van der Waals surface area contributed by atoms with Crippen LogP contribution in [0.4, 0.5) is 11.5 Å². The summed E-state index contributed by atoms with van der Waals surface area (Å²) in [4.78, 5) is 6.85. The molecule has 3 rings (SSSR count). The van der Waals surface area contributed by atoms with Gasteiger partial charge in [0.25, 0.3) is 0 Å². The molecule has 2 aliphatic rings. The van der Waals surface area contributed by atoms with Gasteiger partial charge in [0.1, 0.15) is 5.15 Å². The van der Waals surface area contributed by atoms with Gasteiger partial charge in [0.2, 0.25) is 0 Å². The summed E-state index contributed by atoms with van der Waals surface area (Å²) >= 11 is 6.10. The normalized spacial score (nSPS) is 20.3. The van der Waals surface area contributed by atoms with E-state index in [1.54, 1.807) is 0 Å². The van der Waals surface area contributed by atoms with Crippen molar-refractivity contribution >= 4 is 23.1 Å². The molecule has 0 saturated carbocycles. The van der Waals surface area contributed by atoms with E-state index < -0.39 is 0 Å². The minimum absolute atomic E-state index is 0.558. The van der Waals surface area contributed by atoms with E-state index >= 15 is 0 Å². The van der Waals surface area contributed by atoms with Gasteiger partial charge in [-0.15, -0.1) is 0 Å².